The molecule has 0 aliphatic heterocycles. The Morgan fingerprint density at radius 3 is 2.50 bits per heavy atom. The molecule has 0 bridgehead atoms. The molecule has 6 heteroatoms. The number of rotatable bonds is 3. The average Bonchev–Trinajstić information content (AvgIpc) is 2.42. The molecule has 0 aliphatic carbocycles. The Balaban J connectivity index is 2.19. The molecule has 2 aromatic rings. The smallest absolute Gasteiger partial charge is 0.255 e. The van der Waals surface area contributed by atoms with Crippen molar-refractivity contribution in [3.8, 4) is 5.75 Å². The molecule has 0 aliphatic rings. The van der Waals surface area contributed by atoms with Gasteiger partial charge in [0.05, 0.1) is 17.2 Å². The van der Waals surface area contributed by atoms with Gasteiger partial charge in [-0.05, 0) is 52.3 Å². The van der Waals surface area contributed by atoms with Crippen LogP contribution in [-0.2, 0) is 0 Å². The van der Waals surface area contributed by atoms with Crippen molar-refractivity contribution in [2.24, 2.45) is 0 Å². The number of anilines is 1. The van der Waals surface area contributed by atoms with Crippen molar-refractivity contribution >= 4 is 50.7 Å². The van der Waals surface area contributed by atoms with Crippen molar-refractivity contribution in [1.82, 2.24) is 0 Å². The van der Waals surface area contributed by atoms with Gasteiger partial charge in [-0.1, -0.05) is 23.2 Å². The fourth-order valence-electron chi connectivity index (χ4n) is 1.58. The highest BCUT2D eigenvalue weighted by Gasteiger charge is 2.10. The molecule has 0 saturated carbocycles. The van der Waals surface area contributed by atoms with E-state index >= 15 is 0 Å². The first-order chi connectivity index (χ1) is 9.51. The number of carbonyl (C=O) groups excluding carboxylic acids is 1. The quantitative estimate of drug-likeness (QED) is 0.819. The van der Waals surface area contributed by atoms with E-state index in [0.717, 1.165) is 4.47 Å². The van der Waals surface area contributed by atoms with E-state index in [1.165, 1.54) is 7.11 Å². The van der Waals surface area contributed by atoms with E-state index in [0.29, 0.717) is 27.0 Å². The predicted molar refractivity (Wildman–Crippen MR) is 85.1 cm³/mol. The number of benzene rings is 2. The van der Waals surface area contributed by atoms with Gasteiger partial charge in [-0.2, -0.15) is 0 Å². The highest BCUT2D eigenvalue weighted by Crippen LogP contribution is 2.27. The first kappa shape index (κ1) is 15.2. The van der Waals surface area contributed by atoms with Gasteiger partial charge < -0.3 is 10.1 Å². The largest absolute Gasteiger partial charge is 0.495 e. The summed E-state index contributed by atoms with van der Waals surface area (Å²) in [5.41, 5.74) is 1.05. The summed E-state index contributed by atoms with van der Waals surface area (Å²) in [5, 5.41) is 3.65. The van der Waals surface area contributed by atoms with Gasteiger partial charge in [0.1, 0.15) is 5.75 Å². The molecule has 2 aromatic carbocycles. The van der Waals surface area contributed by atoms with Crippen LogP contribution in [0.2, 0.25) is 10.0 Å². The van der Waals surface area contributed by atoms with E-state index in [4.69, 9.17) is 27.9 Å². The Bertz CT molecular complexity index is 662. The van der Waals surface area contributed by atoms with Crippen molar-refractivity contribution in [3.05, 3.63) is 56.5 Å². The Kier molecular flexibility index (Phi) is 4.91. The van der Waals surface area contributed by atoms with Crippen LogP contribution >= 0.6 is 39.1 Å². The highest BCUT2D eigenvalue weighted by molar-refractivity contribution is 9.10. The molecule has 0 spiro atoms. The van der Waals surface area contributed by atoms with Crippen LogP contribution in [0.3, 0.4) is 0 Å². The van der Waals surface area contributed by atoms with E-state index in [1.54, 1.807) is 36.4 Å². The van der Waals surface area contributed by atoms with Crippen molar-refractivity contribution < 1.29 is 9.53 Å². The summed E-state index contributed by atoms with van der Waals surface area (Å²) in [7, 11) is 1.52. The lowest BCUT2D eigenvalue weighted by Gasteiger charge is -2.08. The molecule has 2 rings (SSSR count). The fraction of sp³-hybridized carbons (Fsp3) is 0.0714. The molecule has 3 nitrogen and oxygen atoms in total. The first-order valence-corrected chi connectivity index (χ1v) is 7.16. The summed E-state index contributed by atoms with van der Waals surface area (Å²) in [6, 6.07) is 10.0. The van der Waals surface area contributed by atoms with Gasteiger partial charge in [-0.25, -0.2) is 0 Å². The normalized spacial score (nSPS) is 10.2. The molecule has 0 heterocycles. The lowest BCUT2D eigenvalue weighted by Crippen LogP contribution is -2.11. The van der Waals surface area contributed by atoms with Crippen molar-refractivity contribution in [2.75, 3.05) is 12.4 Å². The Labute approximate surface area is 135 Å². The third-order valence-electron chi connectivity index (χ3n) is 2.59. The van der Waals surface area contributed by atoms with Crippen LogP contribution in [-0.4, -0.2) is 13.0 Å². The van der Waals surface area contributed by atoms with Crippen LogP contribution in [0, 0.1) is 0 Å². The Morgan fingerprint density at radius 2 is 1.90 bits per heavy atom. The highest BCUT2D eigenvalue weighted by atomic mass is 79.9. The van der Waals surface area contributed by atoms with Crippen molar-refractivity contribution in [3.63, 3.8) is 0 Å². The van der Waals surface area contributed by atoms with Gasteiger partial charge in [0.2, 0.25) is 0 Å². The number of hydrogen-bond acceptors (Lipinski definition) is 2. The van der Waals surface area contributed by atoms with Gasteiger partial charge in [0.25, 0.3) is 5.91 Å². The lowest BCUT2D eigenvalue weighted by atomic mass is 10.2. The van der Waals surface area contributed by atoms with Gasteiger partial charge in [-0.15, -0.1) is 0 Å². The second-order valence-corrected chi connectivity index (χ2v) is 5.60. The molecule has 0 unspecified atom stereocenters. The molecule has 20 heavy (non-hydrogen) atoms. The number of amides is 1. The second-order valence-electron chi connectivity index (χ2n) is 3.93. The SMILES string of the molecule is COc1ccc(C(=O)Nc2ccc(Br)c(Cl)c2)cc1Cl. The summed E-state index contributed by atoms with van der Waals surface area (Å²) in [6.07, 6.45) is 0. The summed E-state index contributed by atoms with van der Waals surface area (Å²) < 4.78 is 5.81. The Morgan fingerprint density at radius 1 is 1.15 bits per heavy atom. The van der Waals surface area contributed by atoms with E-state index in [2.05, 4.69) is 21.2 Å². The third-order valence-corrected chi connectivity index (χ3v) is 4.12. The number of ether oxygens (including phenoxy) is 1. The molecular formula is C14H10BrCl2NO2. The van der Waals surface area contributed by atoms with Gasteiger partial charge in [0.15, 0.2) is 0 Å². The average molecular weight is 375 g/mol. The monoisotopic (exact) mass is 373 g/mol. The number of carbonyl (C=O) groups is 1. The maximum atomic E-state index is 12.1. The molecule has 0 radical (unpaired) electrons. The topological polar surface area (TPSA) is 38.3 Å². The number of methoxy groups -OCH3 is 1. The van der Waals surface area contributed by atoms with Crippen molar-refractivity contribution in [1.29, 1.82) is 0 Å². The molecule has 0 aromatic heterocycles. The molecule has 0 saturated heterocycles. The van der Waals surface area contributed by atoms with Crippen LogP contribution in [0.5, 0.6) is 5.75 Å². The summed E-state index contributed by atoms with van der Waals surface area (Å²) in [5.74, 6) is 0.253. The summed E-state index contributed by atoms with van der Waals surface area (Å²) in [6.45, 7) is 0. The minimum absolute atomic E-state index is 0.270. The minimum Gasteiger partial charge on any atom is -0.495 e. The summed E-state index contributed by atoms with van der Waals surface area (Å²) in [4.78, 5) is 12.1. The van der Waals surface area contributed by atoms with Crippen LogP contribution in [0.25, 0.3) is 0 Å². The number of halogens is 3. The lowest BCUT2D eigenvalue weighted by molar-refractivity contribution is 0.102. The number of nitrogens with one attached hydrogen (secondary N) is 1. The zero-order valence-electron chi connectivity index (χ0n) is 10.4. The molecule has 0 fully saturated rings. The molecule has 1 N–H and O–H groups in total. The molecule has 104 valence electrons. The second kappa shape index (κ2) is 6.48. The van der Waals surface area contributed by atoms with Crippen LogP contribution in [0.1, 0.15) is 10.4 Å². The maximum absolute atomic E-state index is 12.1. The van der Waals surface area contributed by atoms with E-state index in [1.807, 2.05) is 0 Å². The summed E-state index contributed by atoms with van der Waals surface area (Å²) >= 11 is 15.3. The standard InChI is InChI=1S/C14H10BrCl2NO2/c1-20-13-5-2-8(6-12(13)17)14(19)18-9-3-4-10(15)11(16)7-9/h2-7H,1H3,(H,18,19). The van der Waals surface area contributed by atoms with Gasteiger partial charge in [-0.3, -0.25) is 4.79 Å². The number of hydrogen-bond donors (Lipinski definition) is 1. The molecular weight excluding hydrogens is 365 g/mol. The maximum Gasteiger partial charge on any atom is 0.255 e. The van der Waals surface area contributed by atoms with Crippen LogP contribution in [0.15, 0.2) is 40.9 Å². The van der Waals surface area contributed by atoms with Crippen LogP contribution < -0.4 is 10.1 Å². The fourth-order valence-corrected chi connectivity index (χ4v) is 2.27. The van der Waals surface area contributed by atoms with E-state index < -0.39 is 0 Å². The molecule has 1 amide bonds. The minimum atomic E-state index is -0.270. The zero-order chi connectivity index (χ0) is 14.7. The first-order valence-electron chi connectivity index (χ1n) is 5.61. The van der Waals surface area contributed by atoms with Gasteiger partial charge in [0, 0.05) is 15.7 Å². The third kappa shape index (κ3) is 3.45. The van der Waals surface area contributed by atoms with E-state index in [-0.39, 0.29) is 5.91 Å². The zero-order valence-corrected chi connectivity index (χ0v) is 13.5. The van der Waals surface area contributed by atoms with Gasteiger partial charge >= 0.3 is 0 Å². The Hall–Kier alpha value is -1.23. The van der Waals surface area contributed by atoms with E-state index in [9.17, 15) is 4.79 Å². The molecule has 0 atom stereocenters. The van der Waals surface area contributed by atoms with Crippen LogP contribution in [0.4, 0.5) is 5.69 Å². The van der Waals surface area contributed by atoms with Crippen molar-refractivity contribution in [2.45, 2.75) is 0 Å². The predicted octanol–water partition coefficient (Wildman–Crippen LogP) is 5.02.